The topological polar surface area (TPSA) is 58.1 Å². The summed E-state index contributed by atoms with van der Waals surface area (Å²) in [5.74, 6) is -0.0356. The fraction of sp³-hybridized carbons (Fsp3) is 0.357. The molecule has 3 rings (SSSR count). The highest BCUT2D eigenvalue weighted by atomic mass is 16.2. The molecule has 1 aliphatic rings. The largest absolute Gasteiger partial charge is 0.334 e. The van der Waals surface area contributed by atoms with Gasteiger partial charge < -0.3 is 10.2 Å². The van der Waals surface area contributed by atoms with Gasteiger partial charge in [0.25, 0.3) is 5.91 Å². The van der Waals surface area contributed by atoms with E-state index in [2.05, 4.69) is 22.2 Å². The minimum absolute atomic E-state index is 0.0356. The number of nitrogens with zero attached hydrogens (tertiary/aromatic N) is 3. The van der Waals surface area contributed by atoms with Gasteiger partial charge in [0, 0.05) is 25.7 Å². The highest BCUT2D eigenvalue weighted by molar-refractivity contribution is 5.93. The van der Waals surface area contributed by atoms with Crippen molar-refractivity contribution in [3.8, 4) is 0 Å². The van der Waals surface area contributed by atoms with Gasteiger partial charge in [0.2, 0.25) is 0 Å². The van der Waals surface area contributed by atoms with Crippen molar-refractivity contribution in [1.29, 1.82) is 0 Å². The molecule has 1 aromatic heterocycles. The maximum Gasteiger partial charge on any atom is 0.274 e. The number of rotatable bonds is 1. The molecule has 0 spiro atoms. The summed E-state index contributed by atoms with van der Waals surface area (Å²) in [5.41, 5.74) is 2.00. The predicted octanol–water partition coefficient (Wildman–Crippen LogP) is 1.06. The number of aromatic nitrogens is 2. The minimum Gasteiger partial charge on any atom is -0.334 e. The highest BCUT2D eigenvalue weighted by Crippen LogP contribution is 2.11. The van der Waals surface area contributed by atoms with Crippen LogP contribution in [-0.2, 0) is 0 Å². The van der Waals surface area contributed by atoms with E-state index in [1.54, 1.807) is 6.20 Å². The van der Waals surface area contributed by atoms with E-state index in [0.29, 0.717) is 18.3 Å². The maximum atomic E-state index is 12.4. The monoisotopic (exact) mass is 256 g/mol. The van der Waals surface area contributed by atoms with Crippen molar-refractivity contribution in [2.45, 2.75) is 13.0 Å². The van der Waals surface area contributed by atoms with Gasteiger partial charge in [0.05, 0.1) is 17.2 Å². The molecule has 1 aliphatic heterocycles. The molecule has 0 bridgehead atoms. The van der Waals surface area contributed by atoms with Gasteiger partial charge >= 0.3 is 0 Å². The second-order valence-electron chi connectivity index (χ2n) is 4.85. The Bertz CT molecular complexity index is 613. The summed E-state index contributed by atoms with van der Waals surface area (Å²) in [4.78, 5) is 22.9. The van der Waals surface area contributed by atoms with Gasteiger partial charge in [-0.3, -0.25) is 9.78 Å². The van der Waals surface area contributed by atoms with Gasteiger partial charge in [-0.15, -0.1) is 0 Å². The Labute approximate surface area is 111 Å². The second kappa shape index (κ2) is 4.93. The summed E-state index contributed by atoms with van der Waals surface area (Å²) in [6.07, 6.45) is 1.57. The third-order valence-corrected chi connectivity index (χ3v) is 3.32. The molecule has 0 aliphatic carbocycles. The average molecular weight is 256 g/mol. The molecule has 1 saturated heterocycles. The number of hydrogen-bond donors (Lipinski definition) is 1. The van der Waals surface area contributed by atoms with Crippen molar-refractivity contribution in [2.24, 2.45) is 0 Å². The number of carbonyl (C=O) groups excluding carboxylic acids is 1. The lowest BCUT2D eigenvalue weighted by Gasteiger charge is -2.31. The zero-order chi connectivity index (χ0) is 13.2. The molecular weight excluding hydrogens is 240 g/mol. The zero-order valence-electron chi connectivity index (χ0n) is 10.8. The fourth-order valence-electron chi connectivity index (χ4n) is 2.34. The van der Waals surface area contributed by atoms with E-state index in [9.17, 15) is 4.79 Å². The summed E-state index contributed by atoms with van der Waals surface area (Å²) in [6.45, 7) is 4.34. The SMILES string of the molecule is C[C@@H]1CN(C(=O)c2cnc3ccccc3n2)CCN1. The molecule has 1 N–H and O–H groups in total. The molecule has 5 nitrogen and oxygen atoms in total. The van der Waals surface area contributed by atoms with Crippen LogP contribution in [0.2, 0.25) is 0 Å². The van der Waals surface area contributed by atoms with E-state index < -0.39 is 0 Å². The van der Waals surface area contributed by atoms with Crippen molar-refractivity contribution >= 4 is 16.9 Å². The number of amides is 1. The van der Waals surface area contributed by atoms with Crippen LogP contribution in [0.1, 0.15) is 17.4 Å². The van der Waals surface area contributed by atoms with E-state index in [-0.39, 0.29) is 5.91 Å². The Kier molecular flexibility index (Phi) is 3.13. The summed E-state index contributed by atoms with van der Waals surface area (Å²) in [5, 5.41) is 3.32. The molecule has 1 amide bonds. The van der Waals surface area contributed by atoms with Crippen LogP contribution < -0.4 is 5.32 Å². The lowest BCUT2D eigenvalue weighted by molar-refractivity contribution is 0.0703. The smallest absolute Gasteiger partial charge is 0.274 e. The van der Waals surface area contributed by atoms with Gasteiger partial charge in [-0.1, -0.05) is 12.1 Å². The van der Waals surface area contributed by atoms with Crippen LogP contribution in [0.25, 0.3) is 11.0 Å². The molecule has 98 valence electrons. The summed E-state index contributed by atoms with van der Waals surface area (Å²) in [7, 11) is 0. The predicted molar refractivity (Wildman–Crippen MR) is 72.9 cm³/mol. The first-order valence-corrected chi connectivity index (χ1v) is 6.48. The Hall–Kier alpha value is -2.01. The Balaban J connectivity index is 1.88. The quantitative estimate of drug-likeness (QED) is 0.829. The number of nitrogens with one attached hydrogen (secondary N) is 1. The van der Waals surface area contributed by atoms with E-state index in [0.717, 1.165) is 24.1 Å². The third-order valence-electron chi connectivity index (χ3n) is 3.32. The van der Waals surface area contributed by atoms with E-state index in [1.165, 1.54) is 0 Å². The number of piperazine rings is 1. The molecule has 0 saturated carbocycles. The normalized spacial score (nSPS) is 19.6. The molecule has 1 aromatic carbocycles. The van der Waals surface area contributed by atoms with Crippen molar-refractivity contribution in [3.05, 3.63) is 36.2 Å². The summed E-state index contributed by atoms with van der Waals surface area (Å²) in [6, 6.07) is 7.91. The Morgan fingerprint density at radius 3 is 2.95 bits per heavy atom. The number of carbonyl (C=O) groups is 1. The minimum atomic E-state index is -0.0356. The van der Waals surface area contributed by atoms with Gasteiger partial charge in [-0.05, 0) is 19.1 Å². The molecular formula is C14H16N4O. The highest BCUT2D eigenvalue weighted by Gasteiger charge is 2.22. The number of hydrogen-bond acceptors (Lipinski definition) is 4. The molecule has 19 heavy (non-hydrogen) atoms. The van der Waals surface area contributed by atoms with Gasteiger partial charge in [0.15, 0.2) is 0 Å². The third kappa shape index (κ3) is 2.42. The molecule has 2 aromatic rings. The van der Waals surface area contributed by atoms with Crippen LogP contribution in [0.3, 0.4) is 0 Å². The van der Waals surface area contributed by atoms with Crippen molar-refractivity contribution in [1.82, 2.24) is 20.2 Å². The fourth-order valence-corrected chi connectivity index (χ4v) is 2.34. The Morgan fingerprint density at radius 2 is 2.16 bits per heavy atom. The average Bonchev–Trinajstić information content (AvgIpc) is 2.46. The van der Waals surface area contributed by atoms with E-state index >= 15 is 0 Å². The molecule has 0 unspecified atom stereocenters. The van der Waals surface area contributed by atoms with E-state index in [4.69, 9.17) is 0 Å². The number of benzene rings is 1. The van der Waals surface area contributed by atoms with Crippen molar-refractivity contribution in [2.75, 3.05) is 19.6 Å². The van der Waals surface area contributed by atoms with Crippen LogP contribution in [-0.4, -0.2) is 46.5 Å². The maximum absolute atomic E-state index is 12.4. The van der Waals surface area contributed by atoms with Crippen LogP contribution in [0, 0.1) is 0 Å². The number of para-hydroxylation sites is 2. The van der Waals surface area contributed by atoms with Crippen LogP contribution in [0.4, 0.5) is 0 Å². The molecule has 1 atom stereocenters. The summed E-state index contributed by atoms with van der Waals surface area (Å²) >= 11 is 0. The summed E-state index contributed by atoms with van der Waals surface area (Å²) < 4.78 is 0. The van der Waals surface area contributed by atoms with E-state index in [1.807, 2.05) is 29.2 Å². The lowest BCUT2D eigenvalue weighted by atomic mass is 10.2. The first-order chi connectivity index (χ1) is 9.24. The Morgan fingerprint density at radius 1 is 1.37 bits per heavy atom. The first-order valence-electron chi connectivity index (χ1n) is 6.48. The van der Waals surface area contributed by atoms with Crippen LogP contribution >= 0.6 is 0 Å². The van der Waals surface area contributed by atoms with Gasteiger partial charge in [-0.2, -0.15) is 0 Å². The van der Waals surface area contributed by atoms with Crippen molar-refractivity contribution in [3.63, 3.8) is 0 Å². The van der Waals surface area contributed by atoms with Crippen LogP contribution in [0.15, 0.2) is 30.5 Å². The zero-order valence-corrected chi connectivity index (χ0v) is 10.8. The van der Waals surface area contributed by atoms with Crippen LogP contribution in [0.5, 0.6) is 0 Å². The van der Waals surface area contributed by atoms with Gasteiger partial charge in [-0.25, -0.2) is 4.98 Å². The van der Waals surface area contributed by atoms with Gasteiger partial charge in [0.1, 0.15) is 5.69 Å². The number of fused-ring (bicyclic) bond motifs is 1. The molecule has 5 heteroatoms. The first kappa shape index (κ1) is 12.0. The molecule has 0 radical (unpaired) electrons. The standard InChI is InChI=1S/C14H16N4O/c1-10-9-18(7-6-15-10)14(19)13-8-16-11-4-2-3-5-12(11)17-13/h2-5,8,10,15H,6-7,9H2,1H3/t10-/m1/s1. The second-order valence-corrected chi connectivity index (χ2v) is 4.85. The molecule has 1 fully saturated rings. The van der Waals surface area contributed by atoms with Crippen molar-refractivity contribution < 1.29 is 4.79 Å². The molecule has 2 heterocycles. The lowest BCUT2D eigenvalue weighted by Crippen LogP contribution is -2.51.